The fraction of sp³-hybridized carbons (Fsp3) is 0.400. The van der Waals surface area contributed by atoms with Gasteiger partial charge < -0.3 is 20.5 Å². The minimum atomic E-state index is -0.516. The standard InChI is InChI=1S/C20H25N3O4S.ClH/c1-11(2)23-8-7-13-16(10-23)28-20(17(13)18(21)24)22-19(25)12-5-6-14(26-3)15(9-12)27-4;/h5-6,9,11H,7-8,10H2,1-4H3,(H2,21,24)(H,22,25);1H. The Morgan fingerprint density at radius 3 is 2.48 bits per heavy atom. The van der Waals surface area contributed by atoms with Crippen LogP contribution in [-0.4, -0.2) is 43.5 Å². The van der Waals surface area contributed by atoms with Gasteiger partial charge in [-0.3, -0.25) is 14.5 Å². The lowest BCUT2D eigenvalue weighted by atomic mass is 10.0. The Bertz CT molecular complexity index is 913. The molecule has 9 heteroatoms. The molecule has 1 aromatic heterocycles. The molecule has 3 N–H and O–H groups in total. The zero-order chi connectivity index (χ0) is 20.4. The predicted molar refractivity (Wildman–Crippen MR) is 117 cm³/mol. The second-order valence-corrected chi connectivity index (χ2v) is 8.02. The highest BCUT2D eigenvalue weighted by Crippen LogP contribution is 2.38. The molecule has 0 fully saturated rings. The first-order valence-electron chi connectivity index (χ1n) is 9.07. The van der Waals surface area contributed by atoms with Crippen molar-refractivity contribution in [3.05, 3.63) is 39.8 Å². The van der Waals surface area contributed by atoms with Crippen LogP contribution >= 0.6 is 23.7 Å². The monoisotopic (exact) mass is 439 g/mol. The van der Waals surface area contributed by atoms with Crippen LogP contribution in [0.2, 0.25) is 0 Å². The molecule has 3 rings (SSSR count). The van der Waals surface area contributed by atoms with Crippen molar-refractivity contribution in [3.8, 4) is 11.5 Å². The summed E-state index contributed by atoms with van der Waals surface area (Å²) in [6, 6.07) is 5.33. The Kier molecular flexibility index (Phi) is 7.51. The van der Waals surface area contributed by atoms with Crippen molar-refractivity contribution in [2.75, 3.05) is 26.1 Å². The number of carbonyl (C=O) groups is 2. The maximum atomic E-state index is 12.8. The van der Waals surface area contributed by atoms with Crippen LogP contribution in [0.4, 0.5) is 5.00 Å². The van der Waals surface area contributed by atoms with Crippen molar-refractivity contribution in [3.63, 3.8) is 0 Å². The van der Waals surface area contributed by atoms with E-state index >= 15 is 0 Å². The van der Waals surface area contributed by atoms with Crippen LogP contribution in [0.25, 0.3) is 0 Å². The highest BCUT2D eigenvalue weighted by Gasteiger charge is 2.28. The third-order valence-corrected chi connectivity index (χ3v) is 6.07. The van der Waals surface area contributed by atoms with Crippen LogP contribution in [0, 0.1) is 0 Å². The van der Waals surface area contributed by atoms with E-state index < -0.39 is 5.91 Å². The number of primary amides is 1. The number of nitrogens with one attached hydrogen (secondary N) is 1. The lowest BCUT2D eigenvalue weighted by molar-refractivity contribution is 0.0999. The highest BCUT2D eigenvalue weighted by atomic mass is 35.5. The molecule has 0 aliphatic carbocycles. The number of amides is 2. The Labute approximate surface area is 180 Å². The lowest BCUT2D eigenvalue weighted by Crippen LogP contribution is -2.35. The van der Waals surface area contributed by atoms with Crippen LogP contribution in [0.5, 0.6) is 11.5 Å². The fourth-order valence-corrected chi connectivity index (χ4v) is 4.64. The maximum absolute atomic E-state index is 12.8. The summed E-state index contributed by atoms with van der Waals surface area (Å²) in [6.45, 7) is 5.91. The number of rotatable bonds is 6. The van der Waals surface area contributed by atoms with E-state index in [9.17, 15) is 9.59 Å². The van der Waals surface area contributed by atoms with Gasteiger partial charge in [-0.15, -0.1) is 23.7 Å². The Balaban J connectivity index is 0.00000300. The summed E-state index contributed by atoms with van der Waals surface area (Å²) in [7, 11) is 3.05. The quantitative estimate of drug-likeness (QED) is 0.720. The second-order valence-electron chi connectivity index (χ2n) is 6.91. The molecule has 0 unspecified atom stereocenters. The molecule has 1 aliphatic rings. The van der Waals surface area contributed by atoms with E-state index in [0.717, 1.165) is 30.0 Å². The van der Waals surface area contributed by atoms with Gasteiger partial charge in [0, 0.05) is 29.6 Å². The lowest BCUT2D eigenvalue weighted by Gasteiger charge is -2.30. The van der Waals surface area contributed by atoms with E-state index in [-0.39, 0.29) is 18.3 Å². The fourth-order valence-electron chi connectivity index (χ4n) is 3.37. The van der Waals surface area contributed by atoms with Gasteiger partial charge in [-0.1, -0.05) is 0 Å². The number of hydrogen-bond donors (Lipinski definition) is 2. The number of carbonyl (C=O) groups excluding carboxylic acids is 2. The van der Waals surface area contributed by atoms with Gasteiger partial charge >= 0.3 is 0 Å². The number of hydrogen-bond acceptors (Lipinski definition) is 6. The molecule has 29 heavy (non-hydrogen) atoms. The molecular weight excluding hydrogens is 414 g/mol. The Hall–Kier alpha value is -2.29. The predicted octanol–water partition coefficient (Wildman–Crippen LogP) is 3.30. The van der Waals surface area contributed by atoms with Crippen LogP contribution in [0.15, 0.2) is 18.2 Å². The number of thiophene rings is 1. The molecular formula is C20H26ClN3O4S. The topological polar surface area (TPSA) is 93.9 Å². The highest BCUT2D eigenvalue weighted by molar-refractivity contribution is 7.17. The molecule has 2 amide bonds. The average molecular weight is 440 g/mol. The van der Waals surface area contributed by atoms with Crippen molar-refractivity contribution in [1.29, 1.82) is 0 Å². The van der Waals surface area contributed by atoms with Crippen LogP contribution in [-0.2, 0) is 13.0 Å². The number of ether oxygens (including phenoxy) is 2. The van der Waals surface area contributed by atoms with Gasteiger partial charge in [0.2, 0.25) is 0 Å². The first-order valence-corrected chi connectivity index (χ1v) is 9.89. The maximum Gasteiger partial charge on any atom is 0.256 e. The molecule has 2 heterocycles. The average Bonchev–Trinajstić information content (AvgIpc) is 3.04. The van der Waals surface area contributed by atoms with Gasteiger partial charge in [0.25, 0.3) is 11.8 Å². The molecule has 1 aliphatic heterocycles. The molecule has 2 aromatic rings. The smallest absolute Gasteiger partial charge is 0.256 e. The van der Waals surface area contributed by atoms with Crippen molar-refractivity contribution in [2.24, 2.45) is 5.73 Å². The van der Waals surface area contributed by atoms with E-state index in [1.807, 2.05) is 0 Å². The number of nitrogens with zero attached hydrogens (tertiary/aromatic N) is 1. The van der Waals surface area contributed by atoms with Gasteiger partial charge in [0.1, 0.15) is 5.00 Å². The summed E-state index contributed by atoms with van der Waals surface area (Å²) in [5.74, 6) is 0.154. The van der Waals surface area contributed by atoms with Gasteiger partial charge in [0.05, 0.1) is 19.8 Å². The normalized spacial score (nSPS) is 13.4. The summed E-state index contributed by atoms with van der Waals surface area (Å²) in [5, 5.41) is 3.36. The number of halogens is 1. The van der Waals surface area contributed by atoms with E-state index in [1.54, 1.807) is 18.2 Å². The molecule has 158 valence electrons. The summed E-state index contributed by atoms with van der Waals surface area (Å²) in [6.07, 6.45) is 0.745. The third-order valence-electron chi connectivity index (χ3n) is 4.94. The van der Waals surface area contributed by atoms with E-state index in [1.165, 1.54) is 25.6 Å². The molecule has 0 radical (unpaired) electrons. The van der Waals surface area contributed by atoms with Crippen LogP contribution in [0.3, 0.4) is 0 Å². The van der Waals surface area contributed by atoms with Gasteiger partial charge in [0.15, 0.2) is 11.5 Å². The van der Waals surface area contributed by atoms with E-state index in [4.69, 9.17) is 15.2 Å². The third kappa shape index (κ3) is 4.66. The number of anilines is 1. The molecule has 1 aromatic carbocycles. The van der Waals surface area contributed by atoms with Crippen molar-refractivity contribution < 1.29 is 19.1 Å². The Morgan fingerprint density at radius 2 is 1.90 bits per heavy atom. The summed E-state index contributed by atoms with van der Waals surface area (Å²) >= 11 is 1.42. The number of methoxy groups -OCH3 is 2. The summed E-state index contributed by atoms with van der Waals surface area (Å²) < 4.78 is 10.5. The molecule has 0 spiro atoms. The number of nitrogens with two attached hydrogens (primary N) is 1. The minimum absolute atomic E-state index is 0. The molecule has 0 saturated carbocycles. The zero-order valence-corrected chi connectivity index (χ0v) is 18.5. The van der Waals surface area contributed by atoms with Gasteiger partial charge in [-0.25, -0.2) is 0 Å². The zero-order valence-electron chi connectivity index (χ0n) is 16.9. The van der Waals surface area contributed by atoms with E-state index in [0.29, 0.717) is 33.7 Å². The Morgan fingerprint density at radius 1 is 1.21 bits per heavy atom. The van der Waals surface area contributed by atoms with Crippen molar-refractivity contribution >= 4 is 40.6 Å². The van der Waals surface area contributed by atoms with Crippen molar-refractivity contribution in [2.45, 2.75) is 32.9 Å². The molecule has 7 nitrogen and oxygen atoms in total. The van der Waals surface area contributed by atoms with Crippen LogP contribution in [0.1, 0.15) is 45.0 Å². The molecule has 0 bridgehead atoms. The van der Waals surface area contributed by atoms with Crippen molar-refractivity contribution in [1.82, 2.24) is 4.90 Å². The first kappa shape index (κ1) is 23.0. The number of benzene rings is 1. The molecule has 0 atom stereocenters. The minimum Gasteiger partial charge on any atom is -0.493 e. The van der Waals surface area contributed by atoms with Crippen LogP contribution < -0.4 is 20.5 Å². The summed E-state index contributed by atoms with van der Waals surface area (Å²) in [5.41, 5.74) is 7.43. The largest absolute Gasteiger partial charge is 0.493 e. The van der Waals surface area contributed by atoms with Gasteiger partial charge in [-0.05, 0) is 44.0 Å². The SMILES string of the molecule is COc1ccc(C(=O)Nc2sc3c(c2C(N)=O)CCN(C(C)C)C3)cc1OC.Cl. The first-order chi connectivity index (χ1) is 13.3. The second kappa shape index (κ2) is 9.47. The summed E-state index contributed by atoms with van der Waals surface area (Å²) in [4.78, 5) is 28.3. The molecule has 0 saturated heterocycles. The van der Waals surface area contributed by atoms with E-state index in [2.05, 4.69) is 24.1 Å². The van der Waals surface area contributed by atoms with Gasteiger partial charge in [-0.2, -0.15) is 0 Å². The number of fused-ring (bicyclic) bond motifs is 1.